The normalized spacial score (nSPS) is 11.2. The molecule has 0 saturated heterocycles. The zero-order valence-corrected chi connectivity index (χ0v) is 16.1. The zero-order valence-electron chi connectivity index (χ0n) is 13.0. The van der Waals surface area contributed by atoms with Gasteiger partial charge in [0, 0.05) is 23.5 Å². The molecule has 6 heteroatoms. The lowest BCUT2D eigenvalue weighted by atomic mass is 9.96. The maximum absolute atomic E-state index is 11.6. The molecule has 0 heterocycles. The van der Waals surface area contributed by atoms with E-state index in [1.54, 1.807) is 0 Å². The minimum absolute atomic E-state index is 0.194. The van der Waals surface area contributed by atoms with Gasteiger partial charge in [-0.3, -0.25) is 9.59 Å². The van der Waals surface area contributed by atoms with Crippen molar-refractivity contribution >= 4 is 43.8 Å². The van der Waals surface area contributed by atoms with Crippen molar-refractivity contribution in [3.05, 3.63) is 0 Å². The Morgan fingerprint density at radius 3 is 1.52 bits per heavy atom. The topological polar surface area (TPSA) is 52.6 Å². The zero-order chi connectivity index (χ0) is 16.1. The Kier molecular flexibility index (Phi) is 12.4. The third kappa shape index (κ3) is 9.51. The number of ether oxygens (including phenoxy) is 2. The molecule has 21 heavy (non-hydrogen) atoms. The molecule has 0 aromatic carbocycles. The Bertz CT molecular complexity index is 278. The highest BCUT2D eigenvalue weighted by atomic mass is 79.9. The van der Waals surface area contributed by atoms with Crippen molar-refractivity contribution in [1.82, 2.24) is 0 Å². The van der Waals surface area contributed by atoms with E-state index in [-0.39, 0.29) is 25.2 Å². The summed E-state index contributed by atoms with van der Waals surface area (Å²) >= 11 is 6.85. The lowest BCUT2D eigenvalue weighted by Crippen LogP contribution is -2.37. The fourth-order valence-corrected chi connectivity index (χ4v) is 3.06. The third-order valence-corrected chi connectivity index (χ3v) is 5.49. The highest BCUT2D eigenvalue weighted by Gasteiger charge is 2.31. The fraction of sp³-hybridized carbons (Fsp3) is 0.867. The summed E-state index contributed by atoms with van der Waals surface area (Å²) in [5.41, 5.74) is -0.413. The standard InChI is InChI=1S/C15H26Br2O4/c1-3-5-7-13(18)20-11-15(9-16,10-17)12-21-14(19)8-6-4-2/h3-12H2,1-2H3. The van der Waals surface area contributed by atoms with Crippen LogP contribution in [0, 0.1) is 5.41 Å². The number of carbonyl (C=O) groups excluding carboxylic acids is 2. The number of halogens is 2. The van der Waals surface area contributed by atoms with E-state index >= 15 is 0 Å². The van der Waals surface area contributed by atoms with Crippen LogP contribution < -0.4 is 0 Å². The Morgan fingerprint density at radius 2 is 1.24 bits per heavy atom. The Balaban J connectivity index is 4.28. The summed E-state index contributed by atoms with van der Waals surface area (Å²) < 4.78 is 10.6. The molecule has 0 fully saturated rings. The predicted molar refractivity (Wildman–Crippen MR) is 91.0 cm³/mol. The molecule has 0 aliphatic carbocycles. The van der Waals surface area contributed by atoms with Crippen LogP contribution >= 0.6 is 31.9 Å². The molecule has 0 aromatic rings. The molecule has 0 aromatic heterocycles. The minimum Gasteiger partial charge on any atom is -0.465 e. The number of rotatable bonds is 12. The van der Waals surface area contributed by atoms with Crippen LogP contribution in [0.25, 0.3) is 0 Å². The average Bonchev–Trinajstić information content (AvgIpc) is 2.51. The van der Waals surface area contributed by atoms with Crippen LogP contribution in [0.15, 0.2) is 0 Å². The van der Waals surface area contributed by atoms with Gasteiger partial charge in [-0.15, -0.1) is 0 Å². The molecule has 0 atom stereocenters. The first-order valence-electron chi connectivity index (χ1n) is 7.46. The summed E-state index contributed by atoms with van der Waals surface area (Å²) in [5.74, 6) is -0.388. The summed E-state index contributed by atoms with van der Waals surface area (Å²) in [4.78, 5) is 23.2. The molecule has 0 rings (SSSR count). The van der Waals surface area contributed by atoms with Gasteiger partial charge < -0.3 is 9.47 Å². The maximum atomic E-state index is 11.6. The molecule has 0 aliphatic heterocycles. The monoisotopic (exact) mass is 428 g/mol. The molecule has 0 spiro atoms. The van der Waals surface area contributed by atoms with E-state index < -0.39 is 5.41 Å². The van der Waals surface area contributed by atoms with Gasteiger partial charge in [0.2, 0.25) is 0 Å². The third-order valence-electron chi connectivity index (χ3n) is 3.11. The van der Waals surface area contributed by atoms with Crippen LogP contribution in [-0.4, -0.2) is 35.8 Å². The van der Waals surface area contributed by atoms with Crippen molar-refractivity contribution in [2.24, 2.45) is 5.41 Å². The van der Waals surface area contributed by atoms with Gasteiger partial charge in [-0.1, -0.05) is 58.5 Å². The van der Waals surface area contributed by atoms with Gasteiger partial charge in [0.1, 0.15) is 13.2 Å². The van der Waals surface area contributed by atoms with E-state index in [1.807, 2.05) is 13.8 Å². The predicted octanol–water partition coefficient (Wildman–Crippen LogP) is 4.23. The van der Waals surface area contributed by atoms with E-state index in [0.29, 0.717) is 23.5 Å². The Hall–Kier alpha value is -0.100. The van der Waals surface area contributed by atoms with Gasteiger partial charge in [-0.2, -0.15) is 0 Å². The van der Waals surface area contributed by atoms with E-state index in [9.17, 15) is 9.59 Å². The van der Waals surface area contributed by atoms with Crippen molar-refractivity contribution in [2.45, 2.75) is 52.4 Å². The smallest absolute Gasteiger partial charge is 0.305 e. The maximum Gasteiger partial charge on any atom is 0.305 e. The molecule has 0 saturated carbocycles. The minimum atomic E-state index is -0.413. The van der Waals surface area contributed by atoms with E-state index in [1.165, 1.54) is 0 Å². The highest BCUT2D eigenvalue weighted by molar-refractivity contribution is 9.09. The first-order chi connectivity index (χ1) is 10.0. The lowest BCUT2D eigenvalue weighted by Gasteiger charge is -2.28. The van der Waals surface area contributed by atoms with Crippen LogP contribution in [0.4, 0.5) is 0 Å². The summed E-state index contributed by atoms with van der Waals surface area (Å²) in [6.07, 6.45) is 4.47. The van der Waals surface area contributed by atoms with E-state index in [0.717, 1.165) is 25.7 Å². The molecule has 4 nitrogen and oxygen atoms in total. The number of unbranched alkanes of at least 4 members (excludes halogenated alkanes) is 2. The first-order valence-corrected chi connectivity index (χ1v) is 9.71. The van der Waals surface area contributed by atoms with Gasteiger partial charge in [0.15, 0.2) is 0 Å². The van der Waals surface area contributed by atoms with Crippen LogP contribution in [0.3, 0.4) is 0 Å². The summed E-state index contributed by atoms with van der Waals surface area (Å²) in [6, 6.07) is 0. The molecule has 124 valence electrons. The van der Waals surface area contributed by atoms with Gasteiger partial charge >= 0.3 is 11.9 Å². The largest absolute Gasteiger partial charge is 0.465 e. The molecular formula is C15H26Br2O4. The molecule has 0 aliphatic rings. The van der Waals surface area contributed by atoms with Crippen molar-refractivity contribution < 1.29 is 19.1 Å². The van der Waals surface area contributed by atoms with Gasteiger partial charge in [0.05, 0.1) is 5.41 Å². The first kappa shape index (κ1) is 20.9. The highest BCUT2D eigenvalue weighted by Crippen LogP contribution is 2.25. The molecule has 0 amide bonds. The SMILES string of the molecule is CCCCC(=O)OCC(CBr)(CBr)COC(=O)CCCC. The molecule has 0 radical (unpaired) electrons. The van der Waals surface area contributed by atoms with Crippen molar-refractivity contribution in [1.29, 1.82) is 0 Å². The second-order valence-electron chi connectivity index (χ2n) is 5.30. The molecule has 0 bridgehead atoms. The van der Waals surface area contributed by atoms with Crippen LogP contribution in [0.1, 0.15) is 52.4 Å². The molecule has 0 N–H and O–H groups in total. The second-order valence-corrected chi connectivity index (χ2v) is 6.42. The number of carbonyl (C=O) groups is 2. The Labute approximate surface area is 144 Å². The summed E-state index contributed by atoms with van der Waals surface area (Å²) in [7, 11) is 0. The lowest BCUT2D eigenvalue weighted by molar-refractivity contribution is -0.152. The number of hydrogen-bond acceptors (Lipinski definition) is 4. The van der Waals surface area contributed by atoms with Crippen molar-refractivity contribution in [3.63, 3.8) is 0 Å². The molecule has 0 unspecified atom stereocenters. The van der Waals surface area contributed by atoms with Crippen LogP contribution in [0.5, 0.6) is 0 Å². The molecular weight excluding hydrogens is 404 g/mol. The van der Waals surface area contributed by atoms with E-state index in [2.05, 4.69) is 31.9 Å². The van der Waals surface area contributed by atoms with Crippen LogP contribution in [-0.2, 0) is 19.1 Å². The van der Waals surface area contributed by atoms with Crippen LogP contribution in [0.2, 0.25) is 0 Å². The number of alkyl halides is 2. The second kappa shape index (κ2) is 12.4. The Morgan fingerprint density at radius 1 is 0.857 bits per heavy atom. The van der Waals surface area contributed by atoms with Gasteiger partial charge in [-0.25, -0.2) is 0 Å². The number of esters is 2. The quantitative estimate of drug-likeness (QED) is 0.344. The fourth-order valence-electron chi connectivity index (χ4n) is 1.49. The summed E-state index contributed by atoms with van der Waals surface area (Å²) in [5, 5.41) is 1.18. The van der Waals surface area contributed by atoms with Crippen molar-refractivity contribution in [2.75, 3.05) is 23.9 Å². The van der Waals surface area contributed by atoms with Crippen molar-refractivity contribution in [3.8, 4) is 0 Å². The summed E-state index contributed by atoms with van der Waals surface area (Å²) in [6.45, 7) is 4.55. The van der Waals surface area contributed by atoms with Gasteiger partial charge in [0.25, 0.3) is 0 Å². The average molecular weight is 430 g/mol. The number of hydrogen-bond donors (Lipinski definition) is 0. The van der Waals surface area contributed by atoms with Gasteiger partial charge in [-0.05, 0) is 12.8 Å². The van der Waals surface area contributed by atoms with E-state index in [4.69, 9.17) is 9.47 Å².